The molecule has 0 saturated heterocycles. The molecule has 0 radical (unpaired) electrons. The highest BCUT2D eigenvalue weighted by atomic mass is 16.2. The molecule has 0 spiro atoms. The maximum atomic E-state index is 11.1. The van der Waals surface area contributed by atoms with E-state index in [1.165, 1.54) is 0 Å². The molecular weight excluding hydrogens is 126 g/mol. The zero-order chi connectivity index (χ0) is 7.78. The summed E-state index contributed by atoms with van der Waals surface area (Å²) < 4.78 is 0. The van der Waals surface area contributed by atoms with Gasteiger partial charge in [-0.3, -0.25) is 4.79 Å². The lowest BCUT2D eigenvalue weighted by molar-refractivity contribution is -0.122. The predicted octanol–water partition coefficient (Wildman–Crippen LogP) is 1.17. The molecule has 1 aliphatic rings. The van der Waals surface area contributed by atoms with Crippen molar-refractivity contribution >= 4 is 5.91 Å². The molecule has 2 nitrogen and oxygen atoms in total. The second-order valence-electron chi connectivity index (χ2n) is 3.64. The number of hydrogen-bond donors (Lipinski definition) is 1. The van der Waals surface area contributed by atoms with Crippen molar-refractivity contribution < 1.29 is 4.79 Å². The fraction of sp³-hybridized carbons (Fsp3) is 0.875. The maximum absolute atomic E-state index is 11.1. The summed E-state index contributed by atoms with van der Waals surface area (Å²) in [6.45, 7) is 6.97. The Morgan fingerprint density at radius 1 is 1.70 bits per heavy atom. The van der Waals surface area contributed by atoms with Crippen LogP contribution in [0.1, 0.15) is 27.2 Å². The first-order chi connectivity index (χ1) is 4.58. The van der Waals surface area contributed by atoms with Crippen molar-refractivity contribution in [3.63, 3.8) is 0 Å². The molecule has 1 saturated carbocycles. The number of carbonyl (C=O) groups excluding carboxylic acids is 1. The number of nitrogens with one attached hydrogen (secondary N) is 1. The van der Waals surface area contributed by atoms with Crippen LogP contribution in [0.3, 0.4) is 0 Å². The van der Waals surface area contributed by atoms with E-state index in [2.05, 4.69) is 19.2 Å². The van der Waals surface area contributed by atoms with Crippen molar-refractivity contribution in [3.05, 3.63) is 0 Å². The number of amides is 1. The van der Waals surface area contributed by atoms with Gasteiger partial charge < -0.3 is 5.32 Å². The molecule has 0 aliphatic heterocycles. The van der Waals surface area contributed by atoms with Gasteiger partial charge in [-0.15, -0.1) is 0 Å². The standard InChI is InChI=1S/C8H15NO/c1-4-9-7(10)6-5-8(6,2)3/h6H,4-5H2,1-3H3,(H,9,10). The van der Waals surface area contributed by atoms with E-state index in [-0.39, 0.29) is 17.2 Å². The molecule has 0 heterocycles. The Morgan fingerprint density at radius 3 is 2.50 bits per heavy atom. The molecule has 0 aromatic heterocycles. The SMILES string of the molecule is CCNC(=O)C1CC1(C)C. The molecule has 0 aromatic carbocycles. The maximum Gasteiger partial charge on any atom is 0.223 e. The van der Waals surface area contributed by atoms with E-state index < -0.39 is 0 Å². The Kier molecular flexibility index (Phi) is 1.71. The minimum absolute atomic E-state index is 0.229. The lowest BCUT2D eigenvalue weighted by Crippen LogP contribution is -2.25. The van der Waals surface area contributed by atoms with Crippen molar-refractivity contribution in [2.75, 3.05) is 6.54 Å². The van der Waals surface area contributed by atoms with Gasteiger partial charge in [0.05, 0.1) is 0 Å². The van der Waals surface area contributed by atoms with Crippen LogP contribution in [-0.4, -0.2) is 12.5 Å². The van der Waals surface area contributed by atoms with Gasteiger partial charge in [0, 0.05) is 12.5 Å². The molecular formula is C8H15NO. The van der Waals surface area contributed by atoms with Crippen LogP contribution in [0.5, 0.6) is 0 Å². The zero-order valence-electron chi connectivity index (χ0n) is 6.90. The number of carbonyl (C=O) groups is 1. The van der Waals surface area contributed by atoms with Crippen LogP contribution in [0.25, 0.3) is 0 Å². The van der Waals surface area contributed by atoms with Gasteiger partial charge in [-0.25, -0.2) is 0 Å². The molecule has 1 N–H and O–H groups in total. The minimum atomic E-state index is 0.229. The van der Waals surface area contributed by atoms with Gasteiger partial charge in [0.25, 0.3) is 0 Å². The monoisotopic (exact) mass is 141 g/mol. The summed E-state index contributed by atoms with van der Waals surface area (Å²) in [6, 6.07) is 0. The van der Waals surface area contributed by atoms with E-state index in [0.29, 0.717) is 0 Å². The molecule has 2 heteroatoms. The summed E-state index contributed by atoms with van der Waals surface area (Å²) in [6.07, 6.45) is 1.05. The van der Waals surface area contributed by atoms with E-state index in [1.807, 2.05) is 6.92 Å². The molecule has 1 rings (SSSR count). The van der Waals surface area contributed by atoms with Gasteiger partial charge in [0.2, 0.25) is 5.91 Å². The molecule has 0 aromatic rings. The minimum Gasteiger partial charge on any atom is -0.356 e. The van der Waals surface area contributed by atoms with Gasteiger partial charge >= 0.3 is 0 Å². The van der Waals surface area contributed by atoms with Crippen molar-refractivity contribution in [2.24, 2.45) is 11.3 Å². The van der Waals surface area contributed by atoms with Crippen molar-refractivity contribution in [1.82, 2.24) is 5.32 Å². The Morgan fingerprint density at radius 2 is 2.20 bits per heavy atom. The van der Waals surface area contributed by atoms with Gasteiger partial charge in [-0.2, -0.15) is 0 Å². The van der Waals surface area contributed by atoms with Crippen LogP contribution in [-0.2, 0) is 4.79 Å². The van der Waals surface area contributed by atoms with E-state index >= 15 is 0 Å². The lowest BCUT2D eigenvalue weighted by Gasteiger charge is -2.02. The van der Waals surface area contributed by atoms with E-state index in [4.69, 9.17) is 0 Å². The molecule has 1 fully saturated rings. The second-order valence-corrected chi connectivity index (χ2v) is 3.64. The van der Waals surface area contributed by atoms with Crippen LogP contribution in [0.2, 0.25) is 0 Å². The van der Waals surface area contributed by atoms with Gasteiger partial charge in [0.15, 0.2) is 0 Å². The van der Waals surface area contributed by atoms with Crippen LogP contribution in [0.4, 0.5) is 0 Å². The normalized spacial score (nSPS) is 27.7. The van der Waals surface area contributed by atoms with Crippen LogP contribution in [0, 0.1) is 11.3 Å². The Hall–Kier alpha value is -0.530. The third kappa shape index (κ3) is 1.31. The largest absolute Gasteiger partial charge is 0.356 e. The number of rotatable bonds is 2. The van der Waals surface area contributed by atoms with Gasteiger partial charge in [-0.05, 0) is 18.8 Å². The Balaban J connectivity index is 2.33. The quantitative estimate of drug-likeness (QED) is 0.614. The summed E-state index contributed by atoms with van der Waals surface area (Å²) in [5.41, 5.74) is 0.277. The lowest BCUT2D eigenvalue weighted by atomic mass is 10.1. The summed E-state index contributed by atoms with van der Waals surface area (Å²) in [4.78, 5) is 11.1. The van der Waals surface area contributed by atoms with E-state index in [0.717, 1.165) is 13.0 Å². The topological polar surface area (TPSA) is 29.1 Å². The molecule has 10 heavy (non-hydrogen) atoms. The molecule has 1 atom stereocenters. The average molecular weight is 141 g/mol. The van der Waals surface area contributed by atoms with Gasteiger partial charge in [0.1, 0.15) is 0 Å². The van der Waals surface area contributed by atoms with Crippen LogP contribution < -0.4 is 5.32 Å². The second kappa shape index (κ2) is 2.26. The number of hydrogen-bond acceptors (Lipinski definition) is 1. The van der Waals surface area contributed by atoms with Crippen molar-refractivity contribution in [2.45, 2.75) is 27.2 Å². The molecule has 0 bridgehead atoms. The van der Waals surface area contributed by atoms with E-state index in [1.54, 1.807) is 0 Å². The average Bonchev–Trinajstić information content (AvgIpc) is 2.41. The third-order valence-corrected chi connectivity index (χ3v) is 2.18. The smallest absolute Gasteiger partial charge is 0.223 e. The van der Waals surface area contributed by atoms with Crippen molar-refractivity contribution in [3.8, 4) is 0 Å². The highest BCUT2D eigenvalue weighted by Crippen LogP contribution is 2.51. The third-order valence-electron chi connectivity index (χ3n) is 2.18. The first kappa shape index (κ1) is 7.58. The summed E-state index contributed by atoms with van der Waals surface area (Å²) in [5.74, 6) is 0.514. The fourth-order valence-corrected chi connectivity index (χ4v) is 1.21. The highest BCUT2D eigenvalue weighted by molar-refractivity contribution is 5.82. The fourth-order valence-electron chi connectivity index (χ4n) is 1.21. The summed E-state index contributed by atoms with van der Waals surface area (Å²) in [7, 11) is 0. The van der Waals surface area contributed by atoms with Crippen LogP contribution >= 0.6 is 0 Å². The Labute approximate surface area is 62.0 Å². The predicted molar refractivity (Wildman–Crippen MR) is 40.6 cm³/mol. The van der Waals surface area contributed by atoms with E-state index in [9.17, 15) is 4.79 Å². The molecule has 1 amide bonds. The molecule has 58 valence electrons. The first-order valence-corrected chi connectivity index (χ1v) is 3.85. The Bertz CT molecular complexity index is 151. The summed E-state index contributed by atoms with van der Waals surface area (Å²) in [5, 5.41) is 2.82. The summed E-state index contributed by atoms with van der Waals surface area (Å²) >= 11 is 0. The first-order valence-electron chi connectivity index (χ1n) is 3.85. The highest BCUT2D eigenvalue weighted by Gasteiger charge is 2.50. The molecule has 1 aliphatic carbocycles. The zero-order valence-corrected chi connectivity index (χ0v) is 6.90. The van der Waals surface area contributed by atoms with Crippen molar-refractivity contribution in [1.29, 1.82) is 0 Å². The van der Waals surface area contributed by atoms with Crippen LogP contribution in [0.15, 0.2) is 0 Å². The van der Waals surface area contributed by atoms with Gasteiger partial charge in [-0.1, -0.05) is 13.8 Å². The molecule has 1 unspecified atom stereocenters.